The first-order valence-electron chi connectivity index (χ1n) is 6.97. The predicted octanol–water partition coefficient (Wildman–Crippen LogP) is 1.49. The van der Waals surface area contributed by atoms with Crippen LogP contribution < -0.4 is 5.43 Å². The number of carbonyl (C=O) groups excluding carboxylic acids is 1. The molecule has 120 valence electrons. The second kappa shape index (κ2) is 5.75. The van der Waals surface area contributed by atoms with Gasteiger partial charge in [0.2, 0.25) is 0 Å². The van der Waals surface area contributed by atoms with E-state index in [2.05, 4.69) is 25.8 Å². The fraction of sp³-hybridized carbons (Fsp3) is 0.357. The number of aromatic nitrogens is 1. The molecule has 2 aliphatic heterocycles. The highest BCUT2D eigenvalue weighted by Crippen LogP contribution is 2.23. The van der Waals surface area contributed by atoms with E-state index >= 15 is 0 Å². The normalized spacial score (nSPS) is 20.1. The van der Waals surface area contributed by atoms with E-state index in [1.54, 1.807) is 0 Å². The molecule has 23 heavy (non-hydrogen) atoms. The summed E-state index contributed by atoms with van der Waals surface area (Å²) < 4.78 is 13.1. The van der Waals surface area contributed by atoms with Gasteiger partial charge in [0, 0.05) is 18.2 Å². The topological polar surface area (TPSA) is 91.5 Å². The smallest absolute Gasteiger partial charge is 0.358 e. The van der Waals surface area contributed by atoms with Crippen LogP contribution in [-0.2, 0) is 4.84 Å². The molecule has 0 atom stereocenters. The highest BCUT2D eigenvalue weighted by molar-refractivity contribution is 6.44. The van der Waals surface area contributed by atoms with Gasteiger partial charge in [-0.3, -0.25) is 4.98 Å². The lowest BCUT2D eigenvalue weighted by Crippen LogP contribution is -2.45. The molecule has 0 unspecified atom stereocenters. The number of nitrogens with one attached hydrogen (secondary N) is 1. The number of hydrogen-bond acceptors (Lipinski definition) is 6. The van der Waals surface area contributed by atoms with Gasteiger partial charge in [0.05, 0.1) is 19.0 Å². The van der Waals surface area contributed by atoms with Crippen molar-refractivity contribution in [2.45, 2.75) is 25.9 Å². The third-order valence-electron chi connectivity index (χ3n) is 3.22. The van der Waals surface area contributed by atoms with Gasteiger partial charge < -0.3 is 4.84 Å². The first-order valence-corrected chi connectivity index (χ1v) is 6.97. The second-order valence-electron chi connectivity index (χ2n) is 5.78. The fourth-order valence-corrected chi connectivity index (χ4v) is 2.11. The van der Waals surface area contributed by atoms with Crippen molar-refractivity contribution < 1.29 is 14.0 Å². The van der Waals surface area contributed by atoms with E-state index in [4.69, 9.17) is 4.84 Å². The van der Waals surface area contributed by atoms with Gasteiger partial charge in [-0.15, -0.1) is 0 Å². The van der Waals surface area contributed by atoms with Gasteiger partial charge in [0.1, 0.15) is 22.8 Å². The number of pyridine rings is 1. The lowest BCUT2D eigenvalue weighted by Gasteiger charge is -2.22. The molecule has 0 radical (unpaired) electrons. The molecule has 2 amide bonds. The maximum Gasteiger partial charge on any atom is 0.358 e. The molecule has 1 aromatic rings. The van der Waals surface area contributed by atoms with E-state index in [0.717, 1.165) is 6.20 Å². The van der Waals surface area contributed by atoms with Gasteiger partial charge in [-0.2, -0.15) is 10.2 Å². The predicted molar refractivity (Wildman–Crippen MR) is 81.7 cm³/mol. The zero-order chi connectivity index (χ0) is 16.4. The minimum absolute atomic E-state index is 0.156. The Morgan fingerprint density at radius 1 is 1.43 bits per heavy atom. The van der Waals surface area contributed by atoms with Gasteiger partial charge in [0.15, 0.2) is 0 Å². The Balaban J connectivity index is 1.72. The van der Waals surface area contributed by atoms with Crippen LogP contribution >= 0.6 is 0 Å². The van der Waals surface area contributed by atoms with Crippen LogP contribution in [0.1, 0.15) is 25.8 Å². The van der Waals surface area contributed by atoms with E-state index < -0.39 is 11.8 Å². The first-order chi connectivity index (χ1) is 10.9. The molecule has 0 saturated carbocycles. The van der Waals surface area contributed by atoms with Crippen molar-refractivity contribution in [3.8, 4) is 0 Å². The van der Waals surface area contributed by atoms with Crippen molar-refractivity contribution in [1.29, 1.82) is 0 Å². The Bertz CT molecular complexity index is 728. The average molecular weight is 318 g/mol. The van der Waals surface area contributed by atoms with Crippen LogP contribution in [0.2, 0.25) is 0 Å². The zero-order valence-corrected chi connectivity index (χ0v) is 12.7. The summed E-state index contributed by atoms with van der Waals surface area (Å²) in [7, 11) is 0. The highest BCUT2D eigenvalue weighted by Gasteiger charge is 2.34. The molecule has 2 aliphatic rings. The maximum absolute atomic E-state index is 13.1. The standard InChI is InChI=1S/C14H15FN6O2/c1-14(2)4-11(20-23-14)12-8-21(13(22)19-18-12)17-6-9-3-10(15)7-16-5-9/h3,5-7H,4,8H2,1-2H3,(H,19,22)/b17-6+. The Kier molecular flexibility index (Phi) is 3.77. The number of hydrogen-bond donors (Lipinski definition) is 1. The van der Waals surface area contributed by atoms with Gasteiger partial charge >= 0.3 is 6.03 Å². The van der Waals surface area contributed by atoms with Crippen LogP contribution in [0.4, 0.5) is 9.18 Å². The first kappa shape index (κ1) is 15.1. The number of hydrazone groups is 2. The summed E-state index contributed by atoms with van der Waals surface area (Å²) in [6, 6.07) is 0.790. The molecule has 1 N–H and O–H groups in total. The molecule has 0 aromatic carbocycles. The molecule has 8 nitrogen and oxygen atoms in total. The number of urea groups is 1. The van der Waals surface area contributed by atoms with Crippen molar-refractivity contribution in [2.75, 3.05) is 6.54 Å². The van der Waals surface area contributed by atoms with Crippen molar-refractivity contribution in [1.82, 2.24) is 15.4 Å². The molecule has 0 fully saturated rings. The zero-order valence-electron chi connectivity index (χ0n) is 12.7. The number of oxime groups is 1. The van der Waals surface area contributed by atoms with Crippen LogP contribution in [0, 0.1) is 5.82 Å². The molecule has 0 spiro atoms. The summed E-state index contributed by atoms with van der Waals surface area (Å²) in [5, 5.41) is 13.2. The SMILES string of the molecule is CC1(C)CC(C2=NNC(=O)N(/N=C/c3cncc(F)c3)C2)=NO1. The Morgan fingerprint density at radius 2 is 2.26 bits per heavy atom. The summed E-state index contributed by atoms with van der Waals surface area (Å²) in [4.78, 5) is 20.8. The largest absolute Gasteiger partial charge is 0.389 e. The molecular weight excluding hydrogens is 303 g/mol. The van der Waals surface area contributed by atoms with Crippen LogP contribution in [0.5, 0.6) is 0 Å². The van der Waals surface area contributed by atoms with E-state index in [1.165, 1.54) is 23.5 Å². The number of carbonyl (C=O) groups is 1. The summed E-state index contributed by atoms with van der Waals surface area (Å²) in [5.74, 6) is -0.473. The molecule has 9 heteroatoms. The Morgan fingerprint density at radius 3 is 2.96 bits per heavy atom. The third-order valence-corrected chi connectivity index (χ3v) is 3.22. The van der Waals surface area contributed by atoms with Crippen molar-refractivity contribution >= 4 is 23.7 Å². The van der Waals surface area contributed by atoms with E-state index in [-0.39, 0.29) is 12.1 Å². The van der Waals surface area contributed by atoms with Crippen molar-refractivity contribution in [2.24, 2.45) is 15.4 Å². The summed E-state index contributed by atoms with van der Waals surface area (Å²) in [6.07, 6.45) is 4.49. The van der Waals surface area contributed by atoms with Crippen LogP contribution in [0.25, 0.3) is 0 Å². The van der Waals surface area contributed by atoms with Gasteiger partial charge in [-0.05, 0) is 19.9 Å². The van der Waals surface area contributed by atoms with Crippen molar-refractivity contribution in [3.05, 3.63) is 29.8 Å². The summed E-state index contributed by atoms with van der Waals surface area (Å²) in [5.41, 5.74) is 3.67. The lowest BCUT2D eigenvalue weighted by atomic mass is 10.00. The summed E-state index contributed by atoms with van der Waals surface area (Å²) >= 11 is 0. The van der Waals surface area contributed by atoms with Gasteiger partial charge in [-0.25, -0.2) is 19.6 Å². The minimum Gasteiger partial charge on any atom is -0.389 e. The molecular formula is C14H15FN6O2. The van der Waals surface area contributed by atoms with E-state index in [1.807, 2.05) is 13.8 Å². The number of halogens is 1. The van der Waals surface area contributed by atoms with E-state index in [9.17, 15) is 9.18 Å². The summed E-state index contributed by atoms with van der Waals surface area (Å²) in [6.45, 7) is 3.99. The second-order valence-corrected chi connectivity index (χ2v) is 5.78. The number of rotatable bonds is 3. The molecule has 0 bridgehead atoms. The van der Waals surface area contributed by atoms with Crippen LogP contribution in [-0.4, -0.2) is 45.8 Å². The number of amides is 2. The monoisotopic (exact) mass is 318 g/mol. The highest BCUT2D eigenvalue weighted by atomic mass is 19.1. The maximum atomic E-state index is 13.1. The molecule has 3 heterocycles. The van der Waals surface area contributed by atoms with Crippen molar-refractivity contribution in [3.63, 3.8) is 0 Å². The van der Waals surface area contributed by atoms with Crippen LogP contribution in [0.3, 0.4) is 0 Å². The lowest BCUT2D eigenvalue weighted by molar-refractivity contribution is 0.0123. The fourth-order valence-electron chi connectivity index (χ4n) is 2.11. The molecule has 1 aromatic heterocycles. The van der Waals surface area contributed by atoms with Gasteiger partial charge in [0.25, 0.3) is 0 Å². The average Bonchev–Trinajstić information content (AvgIpc) is 2.87. The minimum atomic E-state index is -0.479. The third kappa shape index (κ3) is 3.50. The molecule has 0 saturated heterocycles. The Hall–Kier alpha value is -2.84. The number of nitrogens with zero attached hydrogens (tertiary/aromatic N) is 5. The van der Waals surface area contributed by atoms with Gasteiger partial charge in [-0.1, -0.05) is 5.16 Å². The van der Waals surface area contributed by atoms with Crippen LogP contribution in [0.15, 0.2) is 33.8 Å². The van der Waals surface area contributed by atoms with E-state index in [0.29, 0.717) is 23.4 Å². The quantitative estimate of drug-likeness (QED) is 0.856. The molecule has 0 aliphatic carbocycles. The Labute approximate surface area is 131 Å². The molecule has 3 rings (SSSR count).